The second-order valence-electron chi connectivity index (χ2n) is 7.10. The van der Waals surface area contributed by atoms with E-state index in [-0.39, 0.29) is 0 Å². The van der Waals surface area contributed by atoms with E-state index in [1.165, 1.54) is 17.7 Å². The fraction of sp³-hybridized carbons (Fsp3) is 0.778. The van der Waals surface area contributed by atoms with Crippen LogP contribution in [0.3, 0.4) is 0 Å². The number of nitrogens with zero attached hydrogens (tertiary/aromatic N) is 3. The highest BCUT2D eigenvalue weighted by Gasteiger charge is 2.27. The number of piperidine rings is 1. The average molecular weight is 351 g/mol. The van der Waals surface area contributed by atoms with Gasteiger partial charge in [0.1, 0.15) is 0 Å². The summed E-state index contributed by atoms with van der Waals surface area (Å²) in [5.74, 6) is 1.55. The fourth-order valence-electron chi connectivity index (χ4n) is 3.74. The van der Waals surface area contributed by atoms with Crippen molar-refractivity contribution >= 4 is 22.4 Å². The summed E-state index contributed by atoms with van der Waals surface area (Å²) in [6.45, 7) is 10.1. The van der Waals surface area contributed by atoms with Crippen LogP contribution in [0.2, 0.25) is 0 Å². The van der Waals surface area contributed by atoms with Crippen LogP contribution in [-0.2, 0) is 11.2 Å². The molecule has 2 fully saturated rings. The monoisotopic (exact) mass is 350 g/mol. The highest BCUT2D eigenvalue weighted by atomic mass is 32.1. The zero-order chi connectivity index (χ0) is 16.9. The van der Waals surface area contributed by atoms with E-state index in [2.05, 4.69) is 33.9 Å². The summed E-state index contributed by atoms with van der Waals surface area (Å²) >= 11 is 1.78. The van der Waals surface area contributed by atoms with Gasteiger partial charge in [0.2, 0.25) is 5.91 Å². The number of hydrogen-bond acceptors (Lipinski definition) is 5. The molecule has 2 aliphatic rings. The van der Waals surface area contributed by atoms with Gasteiger partial charge in [-0.05, 0) is 44.2 Å². The van der Waals surface area contributed by atoms with Gasteiger partial charge in [0.15, 0.2) is 5.13 Å². The molecule has 1 atom stereocenters. The van der Waals surface area contributed by atoms with Gasteiger partial charge in [0, 0.05) is 43.7 Å². The van der Waals surface area contributed by atoms with Crippen molar-refractivity contribution < 1.29 is 4.79 Å². The maximum Gasteiger partial charge on any atom is 0.222 e. The summed E-state index contributed by atoms with van der Waals surface area (Å²) in [6.07, 6.45) is 6.17. The number of aromatic nitrogens is 1. The summed E-state index contributed by atoms with van der Waals surface area (Å²) in [5.41, 5.74) is 0. The van der Waals surface area contributed by atoms with Crippen molar-refractivity contribution in [2.24, 2.45) is 11.8 Å². The van der Waals surface area contributed by atoms with Crippen molar-refractivity contribution in [1.82, 2.24) is 15.2 Å². The zero-order valence-corrected chi connectivity index (χ0v) is 15.8. The number of thiazole rings is 1. The van der Waals surface area contributed by atoms with E-state index < -0.39 is 0 Å². The van der Waals surface area contributed by atoms with E-state index in [9.17, 15) is 4.79 Å². The molecule has 5 nitrogen and oxygen atoms in total. The molecule has 0 aliphatic carbocycles. The molecule has 0 aromatic carbocycles. The Bertz CT molecular complexity index is 533. The Hall–Kier alpha value is -1.14. The third-order valence-corrected chi connectivity index (χ3v) is 6.68. The van der Waals surface area contributed by atoms with Crippen LogP contribution in [-0.4, -0.2) is 55.1 Å². The summed E-state index contributed by atoms with van der Waals surface area (Å²) in [4.78, 5) is 22.9. The van der Waals surface area contributed by atoms with E-state index in [0.29, 0.717) is 24.2 Å². The minimum Gasteiger partial charge on any atom is -0.345 e. The highest BCUT2D eigenvalue weighted by molar-refractivity contribution is 7.15. The number of anilines is 1. The minimum absolute atomic E-state index is 0.342. The van der Waals surface area contributed by atoms with Crippen LogP contribution >= 0.6 is 11.3 Å². The van der Waals surface area contributed by atoms with E-state index in [1.807, 2.05) is 6.20 Å². The van der Waals surface area contributed by atoms with Gasteiger partial charge < -0.3 is 15.1 Å². The lowest BCUT2D eigenvalue weighted by molar-refractivity contribution is -0.132. The van der Waals surface area contributed by atoms with Crippen molar-refractivity contribution in [1.29, 1.82) is 0 Å². The molecule has 24 heavy (non-hydrogen) atoms. The summed E-state index contributed by atoms with van der Waals surface area (Å²) in [7, 11) is 0. The molecule has 2 saturated heterocycles. The highest BCUT2D eigenvalue weighted by Crippen LogP contribution is 2.26. The maximum absolute atomic E-state index is 12.6. The molecule has 1 aromatic heterocycles. The summed E-state index contributed by atoms with van der Waals surface area (Å²) < 4.78 is 0. The number of amides is 1. The van der Waals surface area contributed by atoms with Crippen molar-refractivity contribution in [3.63, 3.8) is 0 Å². The first kappa shape index (κ1) is 17.7. The number of nitrogens with one attached hydrogen (secondary N) is 1. The first-order valence-electron chi connectivity index (χ1n) is 9.35. The van der Waals surface area contributed by atoms with Gasteiger partial charge in [-0.3, -0.25) is 4.79 Å². The Kier molecular flexibility index (Phi) is 6.11. The topological polar surface area (TPSA) is 48.5 Å². The van der Waals surface area contributed by atoms with Gasteiger partial charge in [-0.25, -0.2) is 4.98 Å². The number of carbonyl (C=O) groups is 1. The normalized spacial score (nSPS) is 21.1. The Balaban J connectivity index is 1.46. The molecule has 1 amide bonds. The van der Waals surface area contributed by atoms with Crippen LogP contribution in [0, 0.1) is 11.8 Å². The molecule has 0 radical (unpaired) electrons. The fourth-order valence-corrected chi connectivity index (χ4v) is 4.64. The molecular weight excluding hydrogens is 320 g/mol. The van der Waals surface area contributed by atoms with Crippen LogP contribution in [0.15, 0.2) is 6.20 Å². The molecule has 0 saturated carbocycles. The van der Waals surface area contributed by atoms with Crippen LogP contribution in [0.25, 0.3) is 0 Å². The van der Waals surface area contributed by atoms with Gasteiger partial charge in [0.25, 0.3) is 0 Å². The van der Waals surface area contributed by atoms with Crippen LogP contribution < -0.4 is 10.2 Å². The van der Waals surface area contributed by atoms with Gasteiger partial charge in [-0.15, -0.1) is 11.3 Å². The largest absolute Gasteiger partial charge is 0.345 e. The van der Waals surface area contributed by atoms with Crippen LogP contribution in [0.5, 0.6) is 0 Å². The van der Waals surface area contributed by atoms with Gasteiger partial charge in [0.05, 0.1) is 0 Å². The number of rotatable bonds is 5. The first-order chi connectivity index (χ1) is 11.7. The van der Waals surface area contributed by atoms with Crippen molar-refractivity contribution in [2.45, 2.75) is 39.5 Å². The lowest BCUT2D eigenvalue weighted by Gasteiger charge is -2.36. The predicted molar refractivity (Wildman–Crippen MR) is 99.7 cm³/mol. The van der Waals surface area contributed by atoms with E-state index in [1.54, 1.807) is 11.3 Å². The smallest absolute Gasteiger partial charge is 0.222 e. The molecule has 1 N–H and O–H groups in total. The standard InChI is InChI=1S/C18H30N4OS/c1-3-16-13-20-18(24-16)22-10-8-21(9-11-22)17(23)12-14(2)15-4-6-19-7-5-15/h13-15,19H,3-12H2,1-2H3. The van der Waals surface area contributed by atoms with Gasteiger partial charge >= 0.3 is 0 Å². The molecule has 0 spiro atoms. The van der Waals surface area contributed by atoms with E-state index >= 15 is 0 Å². The SMILES string of the molecule is CCc1cnc(N2CCN(C(=O)CC(C)C3CCNCC3)CC2)s1. The Morgan fingerprint density at radius 1 is 1.33 bits per heavy atom. The van der Waals surface area contributed by atoms with E-state index in [4.69, 9.17) is 0 Å². The molecule has 3 rings (SSSR count). The minimum atomic E-state index is 0.342. The average Bonchev–Trinajstić information content (AvgIpc) is 3.11. The molecule has 2 aliphatic heterocycles. The summed E-state index contributed by atoms with van der Waals surface area (Å²) in [5, 5.41) is 4.52. The third-order valence-electron chi connectivity index (χ3n) is 5.48. The molecule has 0 bridgehead atoms. The van der Waals surface area contributed by atoms with Crippen molar-refractivity contribution in [2.75, 3.05) is 44.2 Å². The first-order valence-corrected chi connectivity index (χ1v) is 10.2. The molecule has 3 heterocycles. The van der Waals surface area contributed by atoms with E-state index in [0.717, 1.165) is 50.8 Å². The maximum atomic E-state index is 12.6. The third kappa shape index (κ3) is 4.28. The molecular formula is C18H30N4OS. The second kappa shape index (κ2) is 8.30. The Morgan fingerprint density at radius 3 is 2.67 bits per heavy atom. The number of hydrogen-bond donors (Lipinski definition) is 1. The lowest BCUT2D eigenvalue weighted by Crippen LogP contribution is -2.49. The second-order valence-corrected chi connectivity index (χ2v) is 8.19. The van der Waals surface area contributed by atoms with Crippen LogP contribution in [0.1, 0.15) is 38.0 Å². The van der Waals surface area contributed by atoms with Crippen molar-refractivity contribution in [3.05, 3.63) is 11.1 Å². The Labute approximate surface area is 149 Å². The van der Waals surface area contributed by atoms with Crippen LogP contribution in [0.4, 0.5) is 5.13 Å². The lowest BCUT2D eigenvalue weighted by atomic mass is 9.84. The number of aryl methyl sites for hydroxylation is 1. The van der Waals surface area contributed by atoms with Crippen molar-refractivity contribution in [3.8, 4) is 0 Å². The predicted octanol–water partition coefficient (Wildman–Crippen LogP) is 2.38. The summed E-state index contributed by atoms with van der Waals surface area (Å²) in [6, 6.07) is 0. The Morgan fingerprint density at radius 2 is 2.04 bits per heavy atom. The zero-order valence-electron chi connectivity index (χ0n) is 15.0. The quantitative estimate of drug-likeness (QED) is 0.886. The van der Waals surface area contributed by atoms with Gasteiger partial charge in [-0.2, -0.15) is 0 Å². The molecule has 1 unspecified atom stereocenters. The van der Waals surface area contributed by atoms with Gasteiger partial charge in [-0.1, -0.05) is 13.8 Å². The number of carbonyl (C=O) groups excluding carboxylic acids is 1. The molecule has 6 heteroatoms. The number of piperazine rings is 1. The molecule has 1 aromatic rings. The molecule has 134 valence electrons.